The van der Waals surface area contributed by atoms with Gasteiger partial charge in [-0.2, -0.15) is 0 Å². The normalized spacial score (nSPS) is 24.3. The number of primary amides is 1. The smallest absolute Gasteiger partial charge is 0.314 e. The van der Waals surface area contributed by atoms with Crippen molar-refractivity contribution in [2.75, 3.05) is 26.7 Å². The van der Waals surface area contributed by atoms with E-state index < -0.39 is 0 Å². The largest absolute Gasteiger partial charge is 0.351 e. The average molecular weight is 199 g/mol. The van der Waals surface area contributed by atoms with Crippen LogP contribution in [0, 0.1) is 11.8 Å². The fraction of sp³-hybridized carbons (Fsp3) is 0.900. The maximum Gasteiger partial charge on any atom is 0.314 e. The predicted molar refractivity (Wildman–Crippen MR) is 57.0 cm³/mol. The zero-order chi connectivity index (χ0) is 10.6. The Bertz CT molecular complexity index is 190. The zero-order valence-electron chi connectivity index (χ0n) is 9.12. The molecule has 1 aliphatic rings. The number of piperidine rings is 1. The van der Waals surface area contributed by atoms with Crippen LogP contribution in [0.4, 0.5) is 4.79 Å². The van der Waals surface area contributed by atoms with Gasteiger partial charge in [-0.3, -0.25) is 0 Å². The zero-order valence-corrected chi connectivity index (χ0v) is 9.12. The van der Waals surface area contributed by atoms with Gasteiger partial charge >= 0.3 is 6.03 Å². The summed E-state index contributed by atoms with van der Waals surface area (Å²) >= 11 is 0. The van der Waals surface area contributed by atoms with Crippen LogP contribution in [0.5, 0.6) is 0 Å². The molecule has 4 heteroatoms. The molecule has 1 fully saturated rings. The van der Waals surface area contributed by atoms with E-state index in [9.17, 15) is 4.79 Å². The Morgan fingerprint density at radius 2 is 2.43 bits per heavy atom. The highest BCUT2D eigenvalue weighted by Gasteiger charge is 2.21. The van der Waals surface area contributed by atoms with Crippen molar-refractivity contribution in [1.29, 1.82) is 0 Å². The Morgan fingerprint density at radius 3 is 2.93 bits per heavy atom. The molecule has 0 aromatic heterocycles. The second kappa shape index (κ2) is 5.20. The third-order valence-corrected chi connectivity index (χ3v) is 3.08. The first-order valence-electron chi connectivity index (χ1n) is 5.32. The molecule has 82 valence electrons. The minimum Gasteiger partial charge on any atom is -0.351 e. The van der Waals surface area contributed by atoms with Gasteiger partial charge in [-0.1, -0.05) is 6.92 Å². The van der Waals surface area contributed by atoms with Crippen LogP contribution in [-0.4, -0.2) is 37.6 Å². The van der Waals surface area contributed by atoms with Gasteiger partial charge in [0.05, 0.1) is 0 Å². The first-order chi connectivity index (χ1) is 6.61. The second-order valence-corrected chi connectivity index (χ2v) is 4.30. The van der Waals surface area contributed by atoms with Crippen LogP contribution in [0.3, 0.4) is 0 Å². The van der Waals surface area contributed by atoms with Gasteiger partial charge in [0.2, 0.25) is 0 Å². The highest BCUT2D eigenvalue weighted by molar-refractivity contribution is 5.71. The van der Waals surface area contributed by atoms with Crippen LogP contribution in [0.25, 0.3) is 0 Å². The van der Waals surface area contributed by atoms with Gasteiger partial charge < -0.3 is 16.0 Å². The number of nitrogens with two attached hydrogens (primary N) is 1. The van der Waals surface area contributed by atoms with Crippen molar-refractivity contribution < 1.29 is 4.79 Å². The molecule has 3 N–H and O–H groups in total. The molecule has 0 aromatic rings. The van der Waals surface area contributed by atoms with Gasteiger partial charge in [-0.05, 0) is 37.8 Å². The molecule has 1 heterocycles. The molecule has 2 amide bonds. The molecule has 0 radical (unpaired) electrons. The number of hydrogen-bond acceptors (Lipinski definition) is 2. The average Bonchev–Trinajstić information content (AvgIpc) is 2.19. The van der Waals surface area contributed by atoms with Crippen molar-refractivity contribution in [2.24, 2.45) is 17.6 Å². The molecule has 1 rings (SSSR count). The first-order valence-corrected chi connectivity index (χ1v) is 5.32. The summed E-state index contributed by atoms with van der Waals surface area (Å²) in [4.78, 5) is 12.4. The number of carbonyl (C=O) groups excluding carboxylic acids is 1. The predicted octanol–water partition coefficient (Wildman–Crippen LogP) is 0.633. The molecule has 1 saturated heterocycles. The SMILES string of the molecule is CC(CN(C)C(N)=O)C1CCCNC1. The van der Waals surface area contributed by atoms with Crippen molar-refractivity contribution in [1.82, 2.24) is 10.2 Å². The summed E-state index contributed by atoms with van der Waals surface area (Å²) in [5, 5.41) is 3.38. The van der Waals surface area contributed by atoms with Gasteiger partial charge in [0.25, 0.3) is 0 Å². The number of carbonyl (C=O) groups is 1. The quantitative estimate of drug-likeness (QED) is 0.700. The summed E-state index contributed by atoms with van der Waals surface area (Å²) in [5.74, 6) is 1.21. The Kier molecular flexibility index (Phi) is 4.20. The molecular weight excluding hydrogens is 178 g/mol. The minimum atomic E-state index is -0.333. The lowest BCUT2D eigenvalue weighted by molar-refractivity contribution is 0.191. The Balaban J connectivity index is 2.32. The van der Waals surface area contributed by atoms with Crippen LogP contribution in [0.2, 0.25) is 0 Å². The Hall–Kier alpha value is -0.770. The van der Waals surface area contributed by atoms with Crippen LogP contribution in [0.15, 0.2) is 0 Å². The molecule has 0 saturated carbocycles. The maximum atomic E-state index is 10.9. The molecule has 2 unspecified atom stereocenters. The van der Waals surface area contributed by atoms with E-state index in [2.05, 4.69) is 12.2 Å². The Morgan fingerprint density at radius 1 is 1.71 bits per heavy atom. The molecule has 0 spiro atoms. The van der Waals surface area contributed by atoms with Crippen molar-refractivity contribution in [3.05, 3.63) is 0 Å². The van der Waals surface area contributed by atoms with Gasteiger partial charge in [-0.25, -0.2) is 4.79 Å². The number of urea groups is 1. The summed E-state index contributed by atoms with van der Waals surface area (Å²) < 4.78 is 0. The third kappa shape index (κ3) is 3.18. The van der Waals surface area contributed by atoms with E-state index in [4.69, 9.17) is 5.73 Å². The number of amides is 2. The number of nitrogens with zero attached hydrogens (tertiary/aromatic N) is 1. The topological polar surface area (TPSA) is 58.4 Å². The van der Waals surface area contributed by atoms with Gasteiger partial charge in [0, 0.05) is 13.6 Å². The van der Waals surface area contributed by atoms with E-state index in [1.165, 1.54) is 12.8 Å². The lowest BCUT2D eigenvalue weighted by Gasteiger charge is -2.30. The fourth-order valence-electron chi connectivity index (χ4n) is 2.04. The van der Waals surface area contributed by atoms with Gasteiger partial charge in [0.1, 0.15) is 0 Å². The standard InChI is InChI=1S/C10H21N3O/c1-8(7-13(2)10(11)14)9-4-3-5-12-6-9/h8-9,12H,3-7H2,1-2H3,(H2,11,14). The summed E-state index contributed by atoms with van der Waals surface area (Å²) in [5.41, 5.74) is 5.19. The molecule has 1 aliphatic heterocycles. The Labute approximate surface area is 85.8 Å². The first kappa shape index (κ1) is 11.3. The highest BCUT2D eigenvalue weighted by atomic mass is 16.2. The van der Waals surface area contributed by atoms with Gasteiger partial charge in [-0.15, -0.1) is 0 Å². The second-order valence-electron chi connectivity index (χ2n) is 4.30. The number of nitrogens with one attached hydrogen (secondary N) is 1. The van der Waals surface area contributed by atoms with Crippen molar-refractivity contribution in [3.63, 3.8) is 0 Å². The van der Waals surface area contributed by atoms with Crippen LogP contribution >= 0.6 is 0 Å². The van der Waals surface area contributed by atoms with E-state index >= 15 is 0 Å². The van der Waals surface area contributed by atoms with Crippen molar-refractivity contribution in [3.8, 4) is 0 Å². The van der Waals surface area contributed by atoms with E-state index in [-0.39, 0.29) is 6.03 Å². The fourth-order valence-corrected chi connectivity index (χ4v) is 2.04. The highest BCUT2D eigenvalue weighted by Crippen LogP contribution is 2.20. The minimum absolute atomic E-state index is 0.333. The summed E-state index contributed by atoms with van der Waals surface area (Å²) in [7, 11) is 1.76. The van der Waals surface area contributed by atoms with Crippen LogP contribution < -0.4 is 11.1 Å². The summed E-state index contributed by atoms with van der Waals surface area (Å²) in [6.45, 7) is 5.17. The van der Waals surface area contributed by atoms with Gasteiger partial charge in [0.15, 0.2) is 0 Å². The molecule has 4 nitrogen and oxygen atoms in total. The van der Waals surface area contributed by atoms with E-state index in [1.807, 2.05) is 0 Å². The maximum absolute atomic E-state index is 10.9. The van der Waals surface area contributed by atoms with Crippen LogP contribution in [-0.2, 0) is 0 Å². The van der Waals surface area contributed by atoms with E-state index in [1.54, 1.807) is 11.9 Å². The molecular formula is C10H21N3O. The molecule has 2 atom stereocenters. The lowest BCUT2D eigenvalue weighted by atomic mass is 9.87. The third-order valence-electron chi connectivity index (χ3n) is 3.08. The summed E-state index contributed by atoms with van der Waals surface area (Å²) in [6, 6.07) is -0.333. The van der Waals surface area contributed by atoms with E-state index in [0.29, 0.717) is 11.8 Å². The summed E-state index contributed by atoms with van der Waals surface area (Å²) in [6.07, 6.45) is 2.51. The number of rotatable bonds is 3. The lowest BCUT2D eigenvalue weighted by Crippen LogP contribution is -2.40. The monoisotopic (exact) mass is 199 g/mol. The van der Waals surface area contributed by atoms with Crippen molar-refractivity contribution in [2.45, 2.75) is 19.8 Å². The molecule has 0 bridgehead atoms. The molecule has 0 aromatic carbocycles. The molecule has 14 heavy (non-hydrogen) atoms. The molecule has 0 aliphatic carbocycles. The van der Waals surface area contributed by atoms with Crippen molar-refractivity contribution >= 4 is 6.03 Å². The number of hydrogen-bond donors (Lipinski definition) is 2. The van der Waals surface area contributed by atoms with Crippen LogP contribution in [0.1, 0.15) is 19.8 Å². The van der Waals surface area contributed by atoms with E-state index in [0.717, 1.165) is 19.6 Å².